The van der Waals surface area contributed by atoms with Crippen molar-refractivity contribution in [2.24, 2.45) is 17.8 Å². The first kappa shape index (κ1) is 50.1. The second kappa shape index (κ2) is 19.1. The summed E-state index contributed by atoms with van der Waals surface area (Å²) in [5.74, 6) is -3.81. The lowest BCUT2D eigenvalue weighted by atomic mass is 9.82. The summed E-state index contributed by atoms with van der Waals surface area (Å²) in [7, 11) is -4.15. The molecule has 4 fully saturated rings. The molecule has 8 atom stereocenters. The topological polar surface area (TPSA) is 207 Å². The lowest BCUT2D eigenvalue weighted by Gasteiger charge is -2.50. The molecule has 2 aromatic heterocycles. The van der Waals surface area contributed by atoms with Crippen LogP contribution in [0.5, 0.6) is 11.5 Å². The second-order valence-electron chi connectivity index (χ2n) is 19.9. The van der Waals surface area contributed by atoms with Gasteiger partial charge in [-0.1, -0.05) is 26.0 Å². The molecule has 5 aliphatic rings. The lowest BCUT2D eigenvalue weighted by molar-refractivity contribution is -0.260. The monoisotopic (exact) mass is 1000 g/mol. The van der Waals surface area contributed by atoms with Crippen LogP contribution in [-0.4, -0.2) is 123 Å². The summed E-state index contributed by atoms with van der Waals surface area (Å²) in [5.41, 5.74) is -1.50. The van der Waals surface area contributed by atoms with Crippen molar-refractivity contribution >= 4 is 45.2 Å². The van der Waals surface area contributed by atoms with Gasteiger partial charge in [-0.15, -0.1) is 11.3 Å². The second-order valence-corrected chi connectivity index (χ2v) is 23.0. The highest BCUT2D eigenvalue weighted by molar-refractivity contribution is 7.91. The van der Waals surface area contributed by atoms with Crippen LogP contribution >= 0.6 is 11.3 Å². The zero-order chi connectivity index (χ0) is 49.7. The number of halogens is 3. The van der Waals surface area contributed by atoms with Gasteiger partial charge in [-0.3, -0.25) is 29.0 Å². The SMILES string of the molecule is CC(C)Oc1ccc(-c2cc(O[C@@H]3C[C@H]4C(=O)N[C@]5(C(=O)NS(=O)(=O)C6(C)CC6)C[C@H]5/C=C\CC[C@H](C)C[C@@H](C)[C@H](N(C(=O)O)C5(C(F)(F)F)CCCOC5)C(=O)N4C3)cc(-c3cncs3)n2)cc1. The molecule has 3 N–H and O–H groups in total. The predicted octanol–water partition coefficient (Wildman–Crippen LogP) is 7.35. The zero-order valence-electron chi connectivity index (χ0n) is 39.2. The molecule has 5 heterocycles. The third-order valence-electron chi connectivity index (χ3n) is 14.2. The molecule has 2 saturated heterocycles. The fraction of sp³-hybridized carbons (Fsp3) is 0.583. The zero-order valence-corrected chi connectivity index (χ0v) is 40.8. The van der Waals surface area contributed by atoms with Gasteiger partial charge < -0.3 is 29.5 Å². The summed E-state index contributed by atoms with van der Waals surface area (Å²) >= 11 is 1.33. The molecule has 2 aliphatic carbocycles. The van der Waals surface area contributed by atoms with Crippen LogP contribution in [0.3, 0.4) is 0 Å². The smallest absolute Gasteiger partial charge is 0.414 e. The largest absolute Gasteiger partial charge is 0.491 e. The van der Waals surface area contributed by atoms with Gasteiger partial charge in [-0.25, -0.2) is 18.2 Å². The summed E-state index contributed by atoms with van der Waals surface area (Å²) in [6, 6.07) is 7.16. The van der Waals surface area contributed by atoms with E-state index in [4.69, 9.17) is 19.2 Å². The number of carbonyl (C=O) groups is 4. The number of aromatic nitrogens is 2. The lowest BCUT2D eigenvalue weighted by Crippen LogP contribution is -2.71. The number of alkyl halides is 3. The Morgan fingerprint density at radius 3 is 2.42 bits per heavy atom. The van der Waals surface area contributed by atoms with Crippen molar-refractivity contribution in [3.8, 4) is 33.3 Å². The van der Waals surface area contributed by atoms with E-state index in [0.717, 1.165) is 4.90 Å². The molecule has 4 amide bonds. The molecule has 0 bridgehead atoms. The third-order valence-corrected chi connectivity index (χ3v) is 17.2. The standard InChI is InChI=1S/C48H59F3N6O10S2/c1-28(2)66-33-13-11-31(12-14-33)36-20-34(21-37(53-36)39-24-52-27-68-39)67-35-22-38-41(58)54-47(43(60)55-69(63,64)45(5)16-17-45)23-32(47)10-7-6-9-29(3)19-30(4)40(42(59)56(38)25-35)57(44(61)62)46(48(49,50)51)15-8-18-65-26-46/h7,10-14,20-21,24,27-30,32,35,38,40H,6,8-9,15-19,22-23,25-26H2,1-5H3,(H,54,58)(H,55,60)(H,61,62)/b10-7-/t29-,30+,32+,35+,38-,40-,46?,47+/m0/s1. The summed E-state index contributed by atoms with van der Waals surface area (Å²) in [5, 5.41) is 13.7. The average molecular weight is 1000 g/mol. The highest BCUT2D eigenvalue weighted by Crippen LogP contribution is 2.49. The molecule has 21 heteroatoms. The van der Waals surface area contributed by atoms with Crippen LogP contribution in [0.15, 0.2) is 60.3 Å². The van der Waals surface area contributed by atoms with E-state index in [1.165, 1.54) is 18.3 Å². The number of ether oxygens (including phenoxy) is 3. The van der Waals surface area contributed by atoms with Crippen LogP contribution in [0, 0.1) is 17.8 Å². The maximum absolute atomic E-state index is 15.5. The Balaban J connectivity index is 1.20. The summed E-state index contributed by atoms with van der Waals surface area (Å²) in [6.07, 6.45) is -2.22. The number of benzene rings is 1. The van der Waals surface area contributed by atoms with Gasteiger partial charge in [0.2, 0.25) is 21.8 Å². The number of carboxylic acid groups (broad SMARTS) is 1. The molecule has 16 nitrogen and oxygen atoms in total. The Morgan fingerprint density at radius 1 is 1.07 bits per heavy atom. The number of rotatable bonds is 11. The minimum Gasteiger partial charge on any atom is -0.491 e. The van der Waals surface area contributed by atoms with Crippen molar-refractivity contribution in [3.63, 3.8) is 0 Å². The van der Waals surface area contributed by atoms with Crippen molar-refractivity contribution in [1.82, 2.24) is 29.8 Å². The first-order valence-corrected chi connectivity index (χ1v) is 25.8. The van der Waals surface area contributed by atoms with Crippen LogP contribution in [-0.2, 0) is 29.1 Å². The highest BCUT2D eigenvalue weighted by atomic mass is 32.2. The van der Waals surface area contributed by atoms with E-state index >= 15 is 18.0 Å². The molecule has 3 aliphatic heterocycles. The number of allylic oxidation sites excluding steroid dienone is 1. The predicted molar refractivity (Wildman–Crippen MR) is 249 cm³/mol. The summed E-state index contributed by atoms with van der Waals surface area (Å²) < 4.78 is 92.3. The number of hydrogen-bond donors (Lipinski definition) is 3. The van der Waals surface area contributed by atoms with Gasteiger partial charge in [0, 0.05) is 42.8 Å². The number of fused-ring (bicyclic) bond motifs is 2. The Hall–Kier alpha value is -5.28. The minimum absolute atomic E-state index is 0.0342. The van der Waals surface area contributed by atoms with Crippen molar-refractivity contribution in [3.05, 3.63) is 60.3 Å². The van der Waals surface area contributed by atoms with Gasteiger partial charge in [-0.05, 0) is 108 Å². The fourth-order valence-corrected chi connectivity index (χ4v) is 11.9. The first-order valence-electron chi connectivity index (χ1n) is 23.4. The van der Waals surface area contributed by atoms with Crippen LogP contribution in [0.25, 0.3) is 21.8 Å². The van der Waals surface area contributed by atoms with E-state index < -0.39 is 98.9 Å². The summed E-state index contributed by atoms with van der Waals surface area (Å²) in [6.45, 7) is 7.32. The van der Waals surface area contributed by atoms with Crippen molar-refractivity contribution in [1.29, 1.82) is 0 Å². The number of carbonyl (C=O) groups excluding carboxylic acids is 3. The van der Waals surface area contributed by atoms with Crippen LogP contribution in [0.1, 0.15) is 92.4 Å². The van der Waals surface area contributed by atoms with E-state index in [2.05, 4.69) is 15.0 Å². The van der Waals surface area contributed by atoms with Crippen molar-refractivity contribution in [2.75, 3.05) is 19.8 Å². The van der Waals surface area contributed by atoms with E-state index in [0.29, 0.717) is 53.3 Å². The first-order chi connectivity index (χ1) is 32.6. The van der Waals surface area contributed by atoms with Gasteiger partial charge in [0.1, 0.15) is 35.2 Å². The quantitative estimate of drug-likeness (QED) is 0.161. The Morgan fingerprint density at radius 2 is 1.80 bits per heavy atom. The van der Waals surface area contributed by atoms with E-state index in [-0.39, 0.29) is 61.5 Å². The maximum atomic E-state index is 15.5. The van der Waals surface area contributed by atoms with Gasteiger partial charge in [-0.2, -0.15) is 13.2 Å². The average Bonchev–Trinajstić information content (AvgIpc) is 4.04. The van der Waals surface area contributed by atoms with Gasteiger partial charge in [0.05, 0.1) is 45.8 Å². The van der Waals surface area contributed by atoms with E-state index in [1.54, 1.807) is 49.0 Å². The molecule has 0 radical (unpaired) electrons. The van der Waals surface area contributed by atoms with Gasteiger partial charge >= 0.3 is 12.3 Å². The third kappa shape index (κ3) is 10.2. The molecule has 1 unspecified atom stereocenters. The minimum atomic E-state index is -5.16. The van der Waals surface area contributed by atoms with Crippen LogP contribution in [0.2, 0.25) is 0 Å². The molecule has 69 heavy (non-hydrogen) atoms. The van der Waals surface area contributed by atoms with Crippen LogP contribution in [0.4, 0.5) is 18.0 Å². The van der Waals surface area contributed by atoms with Gasteiger partial charge in [0.25, 0.3) is 5.91 Å². The number of nitrogens with zero attached hydrogens (tertiary/aromatic N) is 4. The maximum Gasteiger partial charge on any atom is 0.414 e. The number of thiazole rings is 1. The number of hydrogen-bond acceptors (Lipinski definition) is 12. The number of sulfonamides is 1. The van der Waals surface area contributed by atoms with Crippen LogP contribution < -0.4 is 19.5 Å². The normalized spacial score (nSPS) is 29.9. The van der Waals surface area contributed by atoms with E-state index in [9.17, 15) is 27.9 Å². The Bertz CT molecular complexity index is 2550. The number of pyridine rings is 1. The molecule has 0 spiro atoms. The molecular weight excluding hydrogens is 942 g/mol. The highest BCUT2D eigenvalue weighted by Gasteiger charge is 2.66. The van der Waals surface area contributed by atoms with E-state index in [1.807, 2.05) is 39.0 Å². The molecule has 3 aromatic rings. The molecule has 374 valence electrons. The Kier molecular flexibility index (Phi) is 13.9. The van der Waals surface area contributed by atoms with Gasteiger partial charge in [0.15, 0.2) is 5.54 Å². The Labute approximate surface area is 403 Å². The van der Waals surface area contributed by atoms with Crippen molar-refractivity contribution in [2.45, 2.75) is 139 Å². The van der Waals surface area contributed by atoms with Crippen molar-refractivity contribution < 1.29 is 60.1 Å². The summed E-state index contributed by atoms with van der Waals surface area (Å²) in [4.78, 5) is 69.2. The molecule has 2 saturated carbocycles. The number of nitrogens with one attached hydrogen (secondary N) is 2. The molecule has 8 rings (SSSR count). The fourth-order valence-electron chi connectivity index (χ4n) is 10.00. The molecular formula is C48H59F3N6O10S2. The molecule has 1 aromatic carbocycles. The number of amides is 4.